The molecule has 32 heavy (non-hydrogen) atoms. The van der Waals surface area contributed by atoms with Gasteiger partial charge in [-0.05, 0) is 43.3 Å². The van der Waals surface area contributed by atoms with E-state index in [0.717, 1.165) is 22.5 Å². The molecule has 0 unspecified atom stereocenters. The van der Waals surface area contributed by atoms with E-state index in [1.54, 1.807) is 37.5 Å². The number of nitrogens with zero attached hydrogens (tertiary/aromatic N) is 2. The molecule has 0 aliphatic rings. The summed E-state index contributed by atoms with van der Waals surface area (Å²) in [5.74, 6) is 0.942. The maximum absolute atomic E-state index is 12.9. The topological polar surface area (TPSA) is 53.4 Å². The first-order chi connectivity index (χ1) is 15.6. The molecule has 0 saturated carbocycles. The van der Waals surface area contributed by atoms with Gasteiger partial charge in [-0.2, -0.15) is 5.10 Å². The van der Waals surface area contributed by atoms with Crippen molar-refractivity contribution >= 4 is 11.9 Å². The third-order valence-corrected chi connectivity index (χ3v) is 5.18. The van der Waals surface area contributed by atoms with Gasteiger partial charge in [0, 0.05) is 23.4 Å². The number of methoxy groups -OCH3 is 2. The molecule has 0 radical (unpaired) electrons. The van der Waals surface area contributed by atoms with Gasteiger partial charge in [-0.1, -0.05) is 48.0 Å². The Morgan fingerprint density at radius 3 is 2.38 bits per heavy atom. The summed E-state index contributed by atoms with van der Waals surface area (Å²) in [6.07, 6.45) is 5.28. The van der Waals surface area contributed by atoms with E-state index in [4.69, 9.17) is 14.6 Å². The van der Waals surface area contributed by atoms with E-state index in [9.17, 15) is 4.79 Å². The molecule has 0 fully saturated rings. The Hall–Kier alpha value is -4.12. The van der Waals surface area contributed by atoms with Gasteiger partial charge in [0.2, 0.25) is 0 Å². The molecule has 5 heteroatoms. The molecule has 0 amide bonds. The molecule has 0 bridgehead atoms. The number of aromatic nitrogens is 2. The monoisotopic (exact) mass is 424 g/mol. The summed E-state index contributed by atoms with van der Waals surface area (Å²) in [6, 6.07) is 23.2. The fourth-order valence-electron chi connectivity index (χ4n) is 3.42. The van der Waals surface area contributed by atoms with Gasteiger partial charge in [0.05, 0.1) is 31.2 Å². The van der Waals surface area contributed by atoms with E-state index >= 15 is 0 Å². The zero-order valence-corrected chi connectivity index (χ0v) is 18.3. The highest BCUT2D eigenvalue weighted by Crippen LogP contribution is 2.27. The average molecular weight is 425 g/mol. The van der Waals surface area contributed by atoms with Crippen molar-refractivity contribution in [3.05, 3.63) is 102 Å². The molecule has 0 saturated heterocycles. The minimum atomic E-state index is -0.160. The van der Waals surface area contributed by atoms with Crippen LogP contribution in [0.5, 0.6) is 11.5 Å². The molecule has 3 aromatic carbocycles. The summed E-state index contributed by atoms with van der Waals surface area (Å²) < 4.78 is 12.4. The van der Waals surface area contributed by atoms with Gasteiger partial charge in [0.25, 0.3) is 0 Å². The first kappa shape index (κ1) is 21.1. The highest BCUT2D eigenvalue weighted by molar-refractivity contribution is 6.09. The molecule has 0 spiro atoms. The van der Waals surface area contributed by atoms with E-state index in [0.29, 0.717) is 17.1 Å². The summed E-state index contributed by atoms with van der Waals surface area (Å²) in [6.45, 7) is 2.05. The number of carbonyl (C=O) groups is 1. The number of allylic oxidation sites excluding steroid dienone is 1. The van der Waals surface area contributed by atoms with Crippen LogP contribution in [0.1, 0.15) is 21.5 Å². The maximum Gasteiger partial charge on any atom is 0.189 e. The van der Waals surface area contributed by atoms with Crippen LogP contribution in [-0.2, 0) is 0 Å². The number of para-hydroxylation sites is 1. The smallest absolute Gasteiger partial charge is 0.189 e. The predicted molar refractivity (Wildman–Crippen MR) is 127 cm³/mol. The number of hydrogen-bond donors (Lipinski definition) is 0. The third-order valence-electron chi connectivity index (χ3n) is 5.18. The Morgan fingerprint density at radius 1 is 0.938 bits per heavy atom. The summed E-state index contributed by atoms with van der Waals surface area (Å²) in [4.78, 5) is 12.9. The maximum atomic E-state index is 12.9. The second kappa shape index (κ2) is 9.35. The summed E-state index contributed by atoms with van der Waals surface area (Å²) in [5, 5.41) is 4.80. The van der Waals surface area contributed by atoms with Crippen molar-refractivity contribution in [2.24, 2.45) is 0 Å². The van der Waals surface area contributed by atoms with E-state index in [2.05, 4.69) is 12.1 Å². The Morgan fingerprint density at radius 2 is 1.69 bits per heavy atom. The lowest BCUT2D eigenvalue weighted by Gasteiger charge is -2.07. The number of carbonyl (C=O) groups excluding carboxylic acids is 1. The molecule has 1 aromatic heterocycles. The third kappa shape index (κ3) is 4.47. The first-order valence-electron chi connectivity index (χ1n) is 10.3. The minimum Gasteiger partial charge on any atom is -0.497 e. The molecule has 1 heterocycles. The van der Waals surface area contributed by atoms with Crippen LogP contribution in [0, 0.1) is 6.92 Å². The molecule has 0 N–H and O–H groups in total. The quantitative estimate of drug-likeness (QED) is 0.280. The standard InChI is InChI=1S/C27H24N2O3/c1-19-9-11-20(12-10-19)27-21(18-29(28-27)22-7-5-4-6-8-22)13-16-25(30)24-15-14-23(31-2)17-26(24)32-3/h4-18H,1-3H3/b16-13+. The normalized spacial score (nSPS) is 11.0. The highest BCUT2D eigenvalue weighted by atomic mass is 16.5. The second-order valence-electron chi connectivity index (χ2n) is 7.34. The van der Waals surface area contributed by atoms with Gasteiger partial charge < -0.3 is 9.47 Å². The van der Waals surface area contributed by atoms with Gasteiger partial charge in [0.1, 0.15) is 11.5 Å². The van der Waals surface area contributed by atoms with Crippen LogP contribution >= 0.6 is 0 Å². The van der Waals surface area contributed by atoms with Crippen molar-refractivity contribution in [1.82, 2.24) is 9.78 Å². The number of ketones is 1. The van der Waals surface area contributed by atoms with Crippen molar-refractivity contribution in [3.63, 3.8) is 0 Å². The zero-order valence-electron chi connectivity index (χ0n) is 18.3. The van der Waals surface area contributed by atoms with Gasteiger partial charge in [-0.25, -0.2) is 4.68 Å². The van der Waals surface area contributed by atoms with Crippen molar-refractivity contribution in [2.45, 2.75) is 6.92 Å². The van der Waals surface area contributed by atoms with Crippen molar-refractivity contribution in [2.75, 3.05) is 14.2 Å². The summed E-state index contributed by atoms with van der Waals surface area (Å²) in [5.41, 5.74) is 5.23. The fraction of sp³-hybridized carbons (Fsp3) is 0.111. The Labute approximate surface area is 187 Å². The van der Waals surface area contributed by atoms with Crippen LogP contribution in [0.3, 0.4) is 0 Å². The lowest BCUT2D eigenvalue weighted by Crippen LogP contribution is -1.99. The molecule has 160 valence electrons. The Kier molecular flexibility index (Phi) is 6.17. The zero-order chi connectivity index (χ0) is 22.5. The average Bonchev–Trinajstić information content (AvgIpc) is 3.27. The molecule has 0 aliphatic carbocycles. The Balaban J connectivity index is 1.72. The van der Waals surface area contributed by atoms with Crippen LogP contribution in [0.4, 0.5) is 0 Å². The molecule has 0 atom stereocenters. The number of hydrogen-bond acceptors (Lipinski definition) is 4. The van der Waals surface area contributed by atoms with Gasteiger partial charge >= 0.3 is 0 Å². The van der Waals surface area contributed by atoms with E-state index in [-0.39, 0.29) is 5.78 Å². The highest BCUT2D eigenvalue weighted by Gasteiger charge is 2.14. The van der Waals surface area contributed by atoms with Gasteiger partial charge in [0.15, 0.2) is 5.78 Å². The molecular formula is C27H24N2O3. The molecule has 4 rings (SSSR count). The SMILES string of the molecule is COc1ccc(C(=O)/C=C/c2cn(-c3ccccc3)nc2-c2ccc(C)cc2)c(OC)c1. The number of benzene rings is 3. The Bertz CT molecular complexity index is 1260. The molecule has 0 aliphatic heterocycles. The minimum absolute atomic E-state index is 0.160. The fourth-order valence-corrected chi connectivity index (χ4v) is 3.42. The molecular weight excluding hydrogens is 400 g/mol. The van der Waals surface area contributed by atoms with Crippen LogP contribution in [-0.4, -0.2) is 29.8 Å². The van der Waals surface area contributed by atoms with Crippen molar-refractivity contribution in [3.8, 4) is 28.4 Å². The van der Waals surface area contributed by atoms with E-state index in [1.165, 1.54) is 12.7 Å². The molecule has 5 nitrogen and oxygen atoms in total. The second-order valence-corrected chi connectivity index (χ2v) is 7.34. The number of rotatable bonds is 7. The number of ether oxygens (including phenoxy) is 2. The largest absolute Gasteiger partial charge is 0.497 e. The van der Waals surface area contributed by atoms with Crippen LogP contribution in [0.15, 0.2) is 85.1 Å². The van der Waals surface area contributed by atoms with E-state index in [1.807, 2.05) is 60.3 Å². The predicted octanol–water partition coefficient (Wildman–Crippen LogP) is 5.76. The van der Waals surface area contributed by atoms with Crippen LogP contribution < -0.4 is 9.47 Å². The van der Waals surface area contributed by atoms with Gasteiger partial charge in [-0.15, -0.1) is 0 Å². The van der Waals surface area contributed by atoms with Crippen molar-refractivity contribution in [1.29, 1.82) is 0 Å². The summed E-state index contributed by atoms with van der Waals surface area (Å²) >= 11 is 0. The lowest BCUT2D eigenvalue weighted by atomic mass is 10.0. The number of aryl methyl sites for hydroxylation is 1. The van der Waals surface area contributed by atoms with Crippen LogP contribution in [0.2, 0.25) is 0 Å². The lowest BCUT2D eigenvalue weighted by molar-refractivity contribution is 0.104. The molecule has 4 aromatic rings. The first-order valence-corrected chi connectivity index (χ1v) is 10.3. The van der Waals surface area contributed by atoms with Crippen LogP contribution in [0.25, 0.3) is 23.0 Å². The van der Waals surface area contributed by atoms with Gasteiger partial charge in [-0.3, -0.25) is 4.79 Å². The van der Waals surface area contributed by atoms with Crippen molar-refractivity contribution < 1.29 is 14.3 Å². The van der Waals surface area contributed by atoms with E-state index < -0.39 is 0 Å². The summed E-state index contributed by atoms with van der Waals surface area (Å²) in [7, 11) is 3.11.